The number of nitrogens with zero attached hydrogens (tertiary/aromatic N) is 2. The van der Waals surface area contributed by atoms with E-state index in [0.29, 0.717) is 11.9 Å². The monoisotopic (exact) mass is 298 g/mol. The van der Waals surface area contributed by atoms with Crippen molar-refractivity contribution in [3.05, 3.63) is 47.3 Å². The van der Waals surface area contributed by atoms with Gasteiger partial charge in [-0.25, -0.2) is 4.98 Å². The molecular formula is C16H18N4S. The first-order valence-corrected chi connectivity index (χ1v) is 7.87. The molecule has 0 radical (unpaired) electrons. The third-order valence-electron chi connectivity index (χ3n) is 3.49. The van der Waals surface area contributed by atoms with Gasteiger partial charge in [-0.15, -0.1) is 11.3 Å². The van der Waals surface area contributed by atoms with Gasteiger partial charge in [-0.2, -0.15) is 4.98 Å². The molecule has 108 valence electrons. The molecule has 2 N–H and O–H groups in total. The van der Waals surface area contributed by atoms with Gasteiger partial charge in [0.1, 0.15) is 10.6 Å². The number of hydrogen-bond donors (Lipinski definition) is 2. The Hall–Kier alpha value is -2.14. The second-order valence-corrected chi connectivity index (χ2v) is 5.87. The molecule has 5 heteroatoms. The first kappa shape index (κ1) is 13.8. The van der Waals surface area contributed by atoms with Crippen LogP contribution < -0.4 is 10.6 Å². The molecule has 21 heavy (non-hydrogen) atoms. The summed E-state index contributed by atoms with van der Waals surface area (Å²) in [6, 6.07) is 12.6. The zero-order chi connectivity index (χ0) is 14.7. The van der Waals surface area contributed by atoms with Gasteiger partial charge in [0.2, 0.25) is 5.95 Å². The van der Waals surface area contributed by atoms with Gasteiger partial charge in [-0.3, -0.25) is 0 Å². The zero-order valence-electron chi connectivity index (χ0n) is 12.1. The molecule has 0 bridgehead atoms. The van der Waals surface area contributed by atoms with Gasteiger partial charge in [-0.1, -0.05) is 37.3 Å². The summed E-state index contributed by atoms with van der Waals surface area (Å²) in [5.41, 5.74) is 1.33. The van der Waals surface area contributed by atoms with Crippen molar-refractivity contribution in [2.75, 3.05) is 24.2 Å². The molecule has 2 aromatic heterocycles. The molecular weight excluding hydrogens is 280 g/mol. The van der Waals surface area contributed by atoms with E-state index in [9.17, 15) is 0 Å². The normalized spacial score (nSPS) is 12.3. The van der Waals surface area contributed by atoms with Crippen LogP contribution in [0.4, 0.5) is 11.8 Å². The molecule has 1 aromatic carbocycles. The number of thiophene rings is 1. The van der Waals surface area contributed by atoms with Gasteiger partial charge in [0.25, 0.3) is 0 Å². The summed E-state index contributed by atoms with van der Waals surface area (Å²) in [7, 11) is 1.84. The molecule has 3 aromatic rings. The standard InChI is InChI=1S/C16H18N4S/c1-11(12-6-4-3-5-7-12)10-18-14-13-8-9-21-15(13)20-16(17-2)19-14/h3-9,11H,10H2,1-2H3,(H2,17,18,19,20). The van der Waals surface area contributed by atoms with Crippen LogP contribution in [0, 0.1) is 0 Å². The number of hydrogen-bond acceptors (Lipinski definition) is 5. The van der Waals surface area contributed by atoms with Crippen LogP contribution in [0.15, 0.2) is 41.8 Å². The Bertz CT molecular complexity index is 723. The van der Waals surface area contributed by atoms with Crippen LogP contribution in [-0.4, -0.2) is 23.6 Å². The van der Waals surface area contributed by atoms with Crippen molar-refractivity contribution in [3.63, 3.8) is 0 Å². The third-order valence-corrected chi connectivity index (χ3v) is 4.30. The topological polar surface area (TPSA) is 49.8 Å². The third kappa shape index (κ3) is 2.97. The summed E-state index contributed by atoms with van der Waals surface area (Å²) < 4.78 is 0. The van der Waals surface area contributed by atoms with Gasteiger partial charge in [0, 0.05) is 13.6 Å². The molecule has 1 unspecified atom stereocenters. The summed E-state index contributed by atoms with van der Waals surface area (Å²) in [6.07, 6.45) is 0. The van der Waals surface area contributed by atoms with Crippen molar-refractivity contribution in [1.29, 1.82) is 0 Å². The van der Waals surface area contributed by atoms with E-state index in [4.69, 9.17) is 0 Å². The number of benzene rings is 1. The average molecular weight is 298 g/mol. The van der Waals surface area contributed by atoms with E-state index >= 15 is 0 Å². The van der Waals surface area contributed by atoms with Crippen LogP contribution in [0.5, 0.6) is 0 Å². The van der Waals surface area contributed by atoms with Crippen molar-refractivity contribution in [1.82, 2.24) is 9.97 Å². The Morgan fingerprint density at radius 3 is 2.71 bits per heavy atom. The number of fused-ring (bicyclic) bond motifs is 1. The van der Waals surface area contributed by atoms with E-state index in [2.05, 4.69) is 57.9 Å². The van der Waals surface area contributed by atoms with E-state index in [0.717, 1.165) is 22.6 Å². The number of aromatic nitrogens is 2. The van der Waals surface area contributed by atoms with Crippen molar-refractivity contribution in [2.45, 2.75) is 12.8 Å². The maximum Gasteiger partial charge on any atom is 0.225 e. The molecule has 0 aliphatic rings. The molecule has 3 rings (SSSR count). The Balaban J connectivity index is 1.80. The van der Waals surface area contributed by atoms with Crippen LogP contribution in [0.3, 0.4) is 0 Å². The van der Waals surface area contributed by atoms with Crippen molar-refractivity contribution < 1.29 is 0 Å². The first-order valence-electron chi connectivity index (χ1n) is 6.99. The lowest BCUT2D eigenvalue weighted by Crippen LogP contribution is -2.12. The van der Waals surface area contributed by atoms with Gasteiger partial charge < -0.3 is 10.6 Å². The predicted molar refractivity (Wildman–Crippen MR) is 90.3 cm³/mol. The smallest absolute Gasteiger partial charge is 0.225 e. The van der Waals surface area contributed by atoms with Crippen molar-refractivity contribution >= 4 is 33.3 Å². The highest BCUT2D eigenvalue weighted by atomic mass is 32.1. The van der Waals surface area contributed by atoms with E-state index in [1.54, 1.807) is 11.3 Å². The predicted octanol–water partition coefficient (Wildman–Crippen LogP) is 3.95. The largest absolute Gasteiger partial charge is 0.369 e. The van der Waals surface area contributed by atoms with Crippen LogP contribution in [-0.2, 0) is 0 Å². The zero-order valence-corrected chi connectivity index (χ0v) is 12.9. The maximum absolute atomic E-state index is 4.53. The second-order valence-electron chi connectivity index (χ2n) is 4.98. The lowest BCUT2D eigenvalue weighted by atomic mass is 10.0. The molecule has 0 spiro atoms. The summed E-state index contributed by atoms with van der Waals surface area (Å²) >= 11 is 1.63. The minimum Gasteiger partial charge on any atom is -0.369 e. The van der Waals surface area contributed by atoms with Crippen LogP contribution in [0.25, 0.3) is 10.2 Å². The minimum atomic E-state index is 0.424. The number of nitrogens with one attached hydrogen (secondary N) is 2. The van der Waals surface area contributed by atoms with Gasteiger partial charge in [0.15, 0.2) is 0 Å². The molecule has 0 saturated heterocycles. The molecule has 1 atom stereocenters. The Labute approximate surface area is 128 Å². The van der Waals surface area contributed by atoms with E-state index in [-0.39, 0.29) is 0 Å². The number of rotatable bonds is 5. The lowest BCUT2D eigenvalue weighted by molar-refractivity contribution is 0.802. The first-order chi connectivity index (χ1) is 10.3. The lowest BCUT2D eigenvalue weighted by Gasteiger charge is -2.14. The van der Waals surface area contributed by atoms with Gasteiger partial charge in [0.05, 0.1) is 5.39 Å². The highest BCUT2D eigenvalue weighted by molar-refractivity contribution is 7.16. The quantitative estimate of drug-likeness (QED) is 0.749. The Morgan fingerprint density at radius 2 is 1.95 bits per heavy atom. The molecule has 0 saturated carbocycles. The molecule has 0 amide bonds. The van der Waals surface area contributed by atoms with Gasteiger partial charge in [-0.05, 0) is 22.9 Å². The van der Waals surface area contributed by atoms with Crippen LogP contribution in [0.2, 0.25) is 0 Å². The molecule has 0 fully saturated rings. The fraction of sp³-hybridized carbons (Fsp3) is 0.250. The van der Waals surface area contributed by atoms with E-state index in [1.807, 2.05) is 18.5 Å². The van der Waals surface area contributed by atoms with Crippen LogP contribution in [0.1, 0.15) is 18.4 Å². The van der Waals surface area contributed by atoms with Crippen molar-refractivity contribution in [2.24, 2.45) is 0 Å². The maximum atomic E-state index is 4.53. The van der Waals surface area contributed by atoms with Gasteiger partial charge >= 0.3 is 0 Å². The van der Waals surface area contributed by atoms with Crippen molar-refractivity contribution in [3.8, 4) is 0 Å². The van der Waals surface area contributed by atoms with Crippen LogP contribution >= 0.6 is 11.3 Å². The SMILES string of the molecule is CNc1nc(NCC(C)c2ccccc2)c2ccsc2n1. The summed E-state index contributed by atoms with van der Waals surface area (Å²) in [5, 5.41) is 9.60. The highest BCUT2D eigenvalue weighted by Gasteiger charge is 2.10. The Kier molecular flexibility index (Phi) is 4.01. The summed E-state index contributed by atoms with van der Waals surface area (Å²) in [5.74, 6) is 1.97. The fourth-order valence-corrected chi connectivity index (χ4v) is 3.02. The highest BCUT2D eigenvalue weighted by Crippen LogP contribution is 2.27. The van der Waals surface area contributed by atoms with E-state index < -0.39 is 0 Å². The molecule has 2 heterocycles. The number of anilines is 2. The Morgan fingerprint density at radius 1 is 1.14 bits per heavy atom. The fourth-order valence-electron chi connectivity index (χ4n) is 2.25. The van der Waals surface area contributed by atoms with E-state index in [1.165, 1.54) is 5.56 Å². The minimum absolute atomic E-state index is 0.424. The second kappa shape index (κ2) is 6.10. The molecule has 4 nitrogen and oxygen atoms in total. The average Bonchev–Trinajstić information content (AvgIpc) is 3.01. The summed E-state index contributed by atoms with van der Waals surface area (Å²) in [6.45, 7) is 3.06. The summed E-state index contributed by atoms with van der Waals surface area (Å²) in [4.78, 5) is 9.99. The molecule has 0 aliphatic carbocycles. The molecule has 0 aliphatic heterocycles.